The molecule has 2 nitrogen and oxygen atoms in total. The summed E-state index contributed by atoms with van der Waals surface area (Å²) < 4.78 is 9.19. The molecule has 2 aromatic heterocycles. The Hall–Kier alpha value is -7.46. The number of hydrogen-bond donors (Lipinski definition) is 0. The molecule has 0 fully saturated rings. The summed E-state index contributed by atoms with van der Waals surface area (Å²) in [5, 5.41) is 9.73. The van der Waals surface area contributed by atoms with Gasteiger partial charge in [-0.2, -0.15) is 0 Å². The molecule has 59 heavy (non-hydrogen) atoms. The molecule has 0 N–H and O–H groups in total. The largest absolute Gasteiger partial charge is 0.455 e. The quantitative estimate of drug-likeness (QED) is 0.167. The van der Waals surface area contributed by atoms with Crippen molar-refractivity contribution in [3.8, 4) is 33.4 Å². The van der Waals surface area contributed by atoms with Gasteiger partial charge in [0.1, 0.15) is 11.2 Å². The summed E-state index contributed by atoms with van der Waals surface area (Å²) in [7, 11) is 0. The highest BCUT2D eigenvalue weighted by molar-refractivity contribution is 7.26. The number of nitrogens with zero attached hydrogens (tertiary/aromatic N) is 1. The van der Waals surface area contributed by atoms with Gasteiger partial charge in [0, 0.05) is 53.4 Å². The molecule has 276 valence electrons. The summed E-state index contributed by atoms with van der Waals surface area (Å²) in [6.07, 6.45) is 0. The first-order valence-electron chi connectivity index (χ1n) is 20.1. The number of benzene rings is 10. The van der Waals surface area contributed by atoms with E-state index in [9.17, 15) is 0 Å². The lowest BCUT2D eigenvalue weighted by molar-refractivity contribution is 0.673. The van der Waals surface area contributed by atoms with Crippen LogP contribution in [0.3, 0.4) is 0 Å². The van der Waals surface area contributed by atoms with Crippen LogP contribution in [0.5, 0.6) is 0 Å². The van der Waals surface area contributed by atoms with Crippen LogP contribution in [0.1, 0.15) is 0 Å². The van der Waals surface area contributed by atoms with E-state index in [0.717, 1.165) is 55.5 Å². The van der Waals surface area contributed by atoms with E-state index in [1.807, 2.05) is 11.3 Å². The molecule has 0 unspecified atom stereocenters. The number of hydrogen-bond acceptors (Lipinski definition) is 3. The second-order valence-electron chi connectivity index (χ2n) is 15.2. The molecule has 0 saturated carbocycles. The van der Waals surface area contributed by atoms with Crippen molar-refractivity contribution in [2.24, 2.45) is 0 Å². The van der Waals surface area contributed by atoms with E-state index in [1.54, 1.807) is 0 Å². The molecule has 0 atom stereocenters. The average molecular weight is 770 g/mol. The third-order valence-corrected chi connectivity index (χ3v) is 13.1. The van der Waals surface area contributed by atoms with E-state index in [4.69, 9.17) is 4.42 Å². The standard InChI is InChI=1S/C56H35NOS/c1-3-13-44-36(10-1)12-7-16-45(44)38-22-29-41(30-23-38)57(43-33-26-40(27-34-43)48-18-8-19-50-49-15-5-6-21-53(49)59-56(48)50)42-31-24-39(25-32-42)46-17-9-20-52-54(46)51-35-28-37-11-2-4-14-47(37)55(51)58-52/h1-35H. The molecule has 10 aromatic carbocycles. The summed E-state index contributed by atoms with van der Waals surface area (Å²) in [4.78, 5) is 2.36. The molecule has 0 aliphatic rings. The summed E-state index contributed by atoms with van der Waals surface area (Å²) in [5.41, 5.74) is 12.3. The molecule has 0 aliphatic heterocycles. The van der Waals surface area contributed by atoms with Gasteiger partial charge in [-0.05, 0) is 104 Å². The van der Waals surface area contributed by atoms with Crippen molar-refractivity contribution in [3.63, 3.8) is 0 Å². The Kier molecular flexibility index (Phi) is 7.75. The third kappa shape index (κ3) is 5.55. The lowest BCUT2D eigenvalue weighted by Gasteiger charge is -2.26. The number of anilines is 3. The Morgan fingerprint density at radius 3 is 1.58 bits per heavy atom. The van der Waals surface area contributed by atoms with Gasteiger partial charge in [-0.1, -0.05) is 158 Å². The fourth-order valence-corrected chi connectivity index (χ4v) is 10.3. The topological polar surface area (TPSA) is 16.4 Å². The van der Waals surface area contributed by atoms with Gasteiger partial charge >= 0.3 is 0 Å². The van der Waals surface area contributed by atoms with Crippen molar-refractivity contribution in [2.45, 2.75) is 0 Å². The minimum atomic E-state index is 0.900. The zero-order chi connectivity index (χ0) is 38.9. The summed E-state index contributed by atoms with van der Waals surface area (Å²) in [5.74, 6) is 0. The highest BCUT2D eigenvalue weighted by Crippen LogP contribution is 2.44. The lowest BCUT2D eigenvalue weighted by atomic mass is 9.97. The summed E-state index contributed by atoms with van der Waals surface area (Å²) >= 11 is 1.87. The van der Waals surface area contributed by atoms with Crippen molar-refractivity contribution >= 4 is 92.1 Å². The van der Waals surface area contributed by atoms with E-state index in [2.05, 4.69) is 217 Å². The fraction of sp³-hybridized carbons (Fsp3) is 0. The average Bonchev–Trinajstić information content (AvgIpc) is 3.89. The maximum absolute atomic E-state index is 6.54. The van der Waals surface area contributed by atoms with E-state index >= 15 is 0 Å². The molecule has 0 aliphatic carbocycles. The normalized spacial score (nSPS) is 11.7. The van der Waals surface area contributed by atoms with E-state index in [-0.39, 0.29) is 0 Å². The molecule has 0 saturated heterocycles. The van der Waals surface area contributed by atoms with Crippen LogP contribution >= 0.6 is 11.3 Å². The predicted molar refractivity (Wildman–Crippen MR) is 253 cm³/mol. The number of thiophene rings is 1. The highest BCUT2D eigenvalue weighted by Gasteiger charge is 2.18. The van der Waals surface area contributed by atoms with Crippen LogP contribution in [0, 0.1) is 0 Å². The maximum Gasteiger partial charge on any atom is 0.143 e. The van der Waals surface area contributed by atoms with Crippen LogP contribution in [0.25, 0.3) is 97.0 Å². The maximum atomic E-state index is 6.54. The van der Waals surface area contributed by atoms with Crippen molar-refractivity contribution in [3.05, 3.63) is 212 Å². The molecule has 0 amide bonds. The number of furan rings is 1. The van der Waals surface area contributed by atoms with E-state index in [0.29, 0.717) is 0 Å². The Bertz CT molecular complexity index is 3530. The SMILES string of the molecule is c1ccc2c(-c3ccc(N(c4ccc(-c5cccc6c5sc5ccccc56)cc4)c4ccc(-c5cccc6oc7c8ccccc8ccc7c56)cc4)cc3)cccc2c1. The Labute approximate surface area is 345 Å². The first-order valence-corrected chi connectivity index (χ1v) is 20.9. The van der Waals surface area contributed by atoms with Gasteiger partial charge in [0.15, 0.2) is 0 Å². The van der Waals surface area contributed by atoms with Gasteiger partial charge in [-0.3, -0.25) is 0 Å². The minimum Gasteiger partial charge on any atom is -0.455 e. The second-order valence-corrected chi connectivity index (χ2v) is 16.3. The van der Waals surface area contributed by atoms with Crippen LogP contribution in [-0.2, 0) is 0 Å². The zero-order valence-electron chi connectivity index (χ0n) is 32.0. The van der Waals surface area contributed by atoms with E-state index in [1.165, 1.54) is 58.6 Å². The van der Waals surface area contributed by atoms with Crippen molar-refractivity contribution < 1.29 is 4.42 Å². The molecule has 0 spiro atoms. The van der Waals surface area contributed by atoms with Crippen LogP contribution < -0.4 is 4.90 Å². The van der Waals surface area contributed by atoms with Gasteiger partial charge in [0.05, 0.1) is 0 Å². The summed E-state index contributed by atoms with van der Waals surface area (Å²) in [6, 6.07) is 76.9. The van der Waals surface area contributed by atoms with E-state index < -0.39 is 0 Å². The Balaban J connectivity index is 0.963. The Morgan fingerprint density at radius 1 is 0.339 bits per heavy atom. The first kappa shape index (κ1) is 33.7. The van der Waals surface area contributed by atoms with Crippen molar-refractivity contribution in [1.82, 2.24) is 0 Å². The molecular weight excluding hydrogens is 735 g/mol. The second kappa shape index (κ2) is 13.6. The molecule has 2 heterocycles. The zero-order valence-corrected chi connectivity index (χ0v) is 32.8. The molecule has 12 rings (SSSR count). The van der Waals surface area contributed by atoms with Crippen LogP contribution in [0.2, 0.25) is 0 Å². The van der Waals surface area contributed by atoms with Gasteiger partial charge in [-0.25, -0.2) is 0 Å². The van der Waals surface area contributed by atoms with Crippen molar-refractivity contribution in [1.29, 1.82) is 0 Å². The Morgan fingerprint density at radius 2 is 0.847 bits per heavy atom. The minimum absolute atomic E-state index is 0.900. The third-order valence-electron chi connectivity index (χ3n) is 11.9. The molecule has 0 radical (unpaired) electrons. The number of rotatable bonds is 6. The smallest absolute Gasteiger partial charge is 0.143 e. The number of fused-ring (bicyclic) bond motifs is 9. The fourth-order valence-electron chi connectivity index (χ4n) is 9.06. The van der Waals surface area contributed by atoms with Crippen LogP contribution in [-0.4, -0.2) is 0 Å². The molecule has 3 heteroatoms. The van der Waals surface area contributed by atoms with Gasteiger partial charge in [0.2, 0.25) is 0 Å². The van der Waals surface area contributed by atoms with Crippen LogP contribution in [0.15, 0.2) is 217 Å². The lowest BCUT2D eigenvalue weighted by Crippen LogP contribution is -2.09. The molecule has 12 aromatic rings. The molecular formula is C56H35NOS. The molecule has 0 bridgehead atoms. The predicted octanol–water partition coefficient (Wildman–Crippen LogP) is 16.7. The van der Waals surface area contributed by atoms with Gasteiger partial charge in [0.25, 0.3) is 0 Å². The first-order chi connectivity index (χ1) is 29.2. The van der Waals surface area contributed by atoms with Gasteiger partial charge < -0.3 is 9.32 Å². The van der Waals surface area contributed by atoms with Crippen LogP contribution in [0.4, 0.5) is 17.1 Å². The van der Waals surface area contributed by atoms with Crippen molar-refractivity contribution in [2.75, 3.05) is 4.90 Å². The highest BCUT2D eigenvalue weighted by atomic mass is 32.1. The van der Waals surface area contributed by atoms with Gasteiger partial charge in [-0.15, -0.1) is 11.3 Å². The monoisotopic (exact) mass is 769 g/mol. The summed E-state index contributed by atoms with van der Waals surface area (Å²) in [6.45, 7) is 0.